The van der Waals surface area contributed by atoms with Gasteiger partial charge >= 0.3 is 0 Å². The van der Waals surface area contributed by atoms with Gasteiger partial charge in [0.05, 0.1) is 0 Å². The molecule has 0 unspecified atom stereocenters. The van der Waals surface area contributed by atoms with Crippen molar-refractivity contribution in [3.8, 4) is 5.75 Å². The van der Waals surface area contributed by atoms with Gasteiger partial charge in [0.2, 0.25) is 0 Å². The molecule has 0 fully saturated rings. The normalized spacial score (nSPS) is 10.4. The Kier molecular flexibility index (Phi) is 5.27. The van der Waals surface area contributed by atoms with Gasteiger partial charge in [-0.05, 0) is 31.5 Å². The Balaban J connectivity index is 1.95. The highest BCUT2D eigenvalue weighted by molar-refractivity contribution is 7.80. The van der Waals surface area contributed by atoms with Crippen LogP contribution in [-0.4, -0.2) is 28.0 Å². The number of carbonyl (C=O) groups is 1. The van der Waals surface area contributed by atoms with Crippen molar-refractivity contribution in [2.75, 3.05) is 12.3 Å². The minimum Gasteiger partial charge on any atom is -0.471 e. The monoisotopic (exact) mass is 305 g/mol. The lowest BCUT2D eigenvalue weighted by Crippen LogP contribution is -2.26. The van der Waals surface area contributed by atoms with E-state index < -0.39 is 0 Å². The van der Waals surface area contributed by atoms with E-state index in [9.17, 15) is 4.79 Å². The van der Waals surface area contributed by atoms with Crippen LogP contribution in [0.4, 0.5) is 0 Å². The highest BCUT2D eigenvalue weighted by atomic mass is 32.1. The summed E-state index contributed by atoms with van der Waals surface area (Å²) in [5.41, 5.74) is 2.65. The van der Waals surface area contributed by atoms with Crippen molar-refractivity contribution in [3.63, 3.8) is 0 Å². The smallest absolute Gasteiger partial charge is 0.271 e. The van der Waals surface area contributed by atoms with Crippen LogP contribution in [0, 0.1) is 13.8 Å². The van der Waals surface area contributed by atoms with Crippen LogP contribution in [0.2, 0.25) is 0 Å². The number of aromatic nitrogens is 2. The fraction of sp³-hybridized carbons (Fsp3) is 0.333. The first-order chi connectivity index (χ1) is 10.1. The van der Waals surface area contributed by atoms with Crippen molar-refractivity contribution in [1.82, 2.24) is 15.1 Å². The SMILES string of the molecule is Cc1ccc(OCn2ccc(C(=O)NCCS)n2)c(C)c1. The van der Waals surface area contributed by atoms with E-state index in [0.29, 0.717) is 18.0 Å². The Morgan fingerprint density at radius 3 is 2.90 bits per heavy atom. The van der Waals surface area contributed by atoms with Crippen molar-refractivity contribution >= 4 is 18.5 Å². The van der Waals surface area contributed by atoms with Gasteiger partial charge in [-0.15, -0.1) is 0 Å². The standard InChI is InChI=1S/C15H19N3O2S/c1-11-3-4-14(12(2)9-11)20-10-18-7-5-13(17-18)15(19)16-6-8-21/h3-5,7,9,21H,6,8,10H2,1-2H3,(H,16,19). The topological polar surface area (TPSA) is 56.1 Å². The first kappa shape index (κ1) is 15.4. The van der Waals surface area contributed by atoms with Crippen LogP contribution in [0.15, 0.2) is 30.5 Å². The molecule has 0 spiro atoms. The molecule has 2 aromatic rings. The van der Waals surface area contributed by atoms with Crippen molar-refractivity contribution in [1.29, 1.82) is 0 Å². The Labute approximate surface area is 129 Å². The van der Waals surface area contributed by atoms with Gasteiger partial charge in [0, 0.05) is 18.5 Å². The molecule has 1 heterocycles. The zero-order chi connectivity index (χ0) is 15.2. The maximum absolute atomic E-state index is 11.7. The minimum absolute atomic E-state index is 0.200. The minimum atomic E-state index is -0.200. The second kappa shape index (κ2) is 7.17. The number of hydrogen-bond acceptors (Lipinski definition) is 4. The number of hydrogen-bond donors (Lipinski definition) is 2. The number of carbonyl (C=O) groups excluding carboxylic acids is 1. The maximum atomic E-state index is 11.7. The third-order valence-corrected chi connectivity index (χ3v) is 3.18. The van der Waals surface area contributed by atoms with Gasteiger partial charge in [-0.2, -0.15) is 17.7 Å². The van der Waals surface area contributed by atoms with Gasteiger partial charge < -0.3 is 10.1 Å². The summed E-state index contributed by atoms with van der Waals surface area (Å²) in [7, 11) is 0. The molecule has 6 heteroatoms. The third-order valence-electron chi connectivity index (χ3n) is 2.95. The number of nitrogens with one attached hydrogen (secondary N) is 1. The number of ether oxygens (including phenoxy) is 1. The van der Waals surface area contributed by atoms with E-state index in [2.05, 4.69) is 29.1 Å². The van der Waals surface area contributed by atoms with Crippen LogP contribution in [-0.2, 0) is 6.73 Å². The van der Waals surface area contributed by atoms with Gasteiger partial charge in [-0.1, -0.05) is 17.7 Å². The lowest BCUT2D eigenvalue weighted by Gasteiger charge is -2.09. The van der Waals surface area contributed by atoms with Crippen LogP contribution in [0.3, 0.4) is 0 Å². The largest absolute Gasteiger partial charge is 0.471 e. The zero-order valence-electron chi connectivity index (χ0n) is 12.2. The van der Waals surface area contributed by atoms with Gasteiger partial charge in [0.1, 0.15) is 11.4 Å². The van der Waals surface area contributed by atoms with Crippen LogP contribution < -0.4 is 10.1 Å². The summed E-state index contributed by atoms with van der Waals surface area (Å²) in [6.45, 7) is 4.83. The second-order valence-corrected chi connectivity index (χ2v) is 5.21. The molecule has 0 atom stereocenters. The van der Waals surface area contributed by atoms with E-state index in [4.69, 9.17) is 4.74 Å². The predicted octanol–water partition coefficient (Wildman–Crippen LogP) is 2.20. The fourth-order valence-corrected chi connectivity index (χ4v) is 2.02. The van der Waals surface area contributed by atoms with Crippen molar-refractivity contribution in [2.45, 2.75) is 20.6 Å². The van der Waals surface area contributed by atoms with Crippen molar-refractivity contribution in [2.24, 2.45) is 0 Å². The number of aryl methyl sites for hydroxylation is 2. The third kappa shape index (κ3) is 4.26. The summed E-state index contributed by atoms with van der Waals surface area (Å²) >= 11 is 4.04. The van der Waals surface area contributed by atoms with Crippen molar-refractivity contribution in [3.05, 3.63) is 47.3 Å². The molecular formula is C15H19N3O2S. The predicted molar refractivity (Wildman–Crippen MR) is 85.0 cm³/mol. The van der Waals surface area contributed by atoms with E-state index in [-0.39, 0.29) is 12.6 Å². The molecule has 0 aliphatic rings. The van der Waals surface area contributed by atoms with Gasteiger partial charge in [-0.25, -0.2) is 4.68 Å². The summed E-state index contributed by atoms with van der Waals surface area (Å²) < 4.78 is 7.30. The molecule has 0 aliphatic carbocycles. The second-order valence-electron chi connectivity index (χ2n) is 4.76. The van der Waals surface area contributed by atoms with Crippen LogP contribution >= 0.6 is 12.6 Å². The zero-order valence-corrected chi connectivity index (χ0v) is 13.1. The van der Waals surface area contributed by atoms with E-state index in [1.54, 1.807) is 16.9 Å². The van der Waals surface area contributed by atoms with E-state index in [0.717, 1.165) is 11.3 Å². The first-order valence-corrected chi connectivity index (χ1v) is 7.36. The summed E-state index contributed by atoms with van der Waals surface area (Å²) in [6, 6.07) is 7.67. The van der Waals surface area contributed by atoms with E-state index in [1.807, 2.05) is 26.0 Å². The number of thiol groups is 1. The highest BCUT2D eigenvalue weighted by Gasteiger charge is 2.08. The summed E-state index contributed by atoms with van der Waals surface area (Å²) in [4.78, 5) is 11.7. The average Bonchev–Trinajstić information content (AvgIpc) is 2.93. The Morgan fingerprint density at radius 2 is 2.19 bits per heavy atom. The molecule has 21 heavy (non-hydrogen) atoms. The molecule has 0 saturated carbocycles. The Morgan fingerprint density at radius 1 is 1.38 bits per heavy atom. The lowest BCUT2D eigenvalue weighted by molar-refractivity contribution is 0.0949. The quantitative estimate of drug-likeness (QED) is 0.805. The van der Waals surface area contributed by atoms with Gasteiger partial charge in [0.15, 0.2) is 6.73 Å². The summed E-state index contributed by atoms with van der Waals surface area (Å²) in [6.07, 6.45) is 1.72. The molecule has 1 aromatic heterocycles. The molecule has 0 radical (unpaired) electrons. The highest BCUT2D eigenvalue weighted by Crippen LogP contribution is 2.18. The average molecular weight is 305 g/mol. The molecule has 1 amide bonds. The maximum Gasteiger partial charge on any atom is 0.271 e. The molecule has 1 aromatic carbocycles. The molecule has 5 nitrogen and oxygen atoms in total. The number of nitrogens with zero attached hydrogens (tertiary/aromatic N) is 2. The van der Waals surface area contributed by atoms with Crippen LogP contribution in [0.25, 0.3) is 0 Å². The van der Waals surface area contributed by atoms with Crippen molar-refractivity contribution < 1.29 is 9.53 Å². The Bertz CT molecular complexity index is 625. The van der Waals surface area contributed by atoms with E-state index >= 15 is 0 Å². The number of amides is 1. The van der Waals surface area contributed by atoms with E-state index in [1.165, 1.54) is 5.56 Å². The van der Waals surface area contributed by atoms with Gasteiger partial charge in [0.25, 0.3) is 5.91 Å². The number of benzene rings is 1. The molecule has 2 rings (SSSR count). The van der Waals surface area contributed by atoms with Crippen LogP contribution in [0.5, 0.6) is 5.75 Å². The lowest BCUT2D eigenvalue weighted by atomic mass is 10.1. The summed E-state index contributed by atoms with van der Waals surface area (Å²) in [5.74, 6) is 1.22. The molecule has 112 valence electrons. The fourth-order valence-electron chi connectivity index (χ4n) is 1.91. The number of rotatable bonds is 6. The molecule has 0 aliphatic heterocycles. The van der Waals surface area contributed by atoms with Crippen LogP contribution in [0.1, 0.15) is 21.6 Å². The molecular weight excluding hydrogens is 286 g/mol. The molecule has 1 N–H and O–H groups in total. The summed E-state index contributed by atoms with van der Waals surface area (Å²) in [5, 5.41) is 6.90. The Hall–Kier alpha value is -1.95. The van der Waals surface area contributed by atoms with Gasteiger partial charge in [-0.3, -0.25) is 4.79 Å². The molecule has 0 bridgehead atoms. The first-order valence-electron chi connectivity index (χ1n) is 6.72. The molecule has 0 saturated heterocycles.